The minimum absolute atomic E-state index is 0.144. The number of Topliss-reactive ketones (excluding diaryl/α,β-unsaturated/α-hetero) is 2. The molecule has 0 radical (unpaired) electrons. The molecule has 0 spiro atoms. The molecule has 5 heteroatoms. The van der Waals surface area contributed by atoms with E-state index in [1.54, 1.807) is 0 Å². The van der Waals surface area contributed by atoms with E-state index >= 15 is 0 Å². The van der Waals surface area contributed by atoms with Crippen LogP contribution in [0.5, 0.6) is 0 Å². The zero-order valence-corrected chi connectivity index (χ0v) is 12.7. The van der Waals surface area contributed by atoms with Gasteiger partial charge in [0.2, 0.25) is 0 Å². The summed E-state index contributed by atoms with van der Waals surface area (Å²) >= 11 is 0. The predicted octanol–water partition coefficient (Wildman–Crippen LogP) is 4.36. The number of azide groups is 1. The molecule has 0 aromatic rings. The van der Waals surface area contributed by atoms with Gasteiger partial charge in [0, 0.05) is 24.3 Å². The number of nitrogens with zero attached hydrogens (tertiary/aromatic N) is 3. The molecule has 2 saturated carbocycles. The van der Waals surface area contributed by atoms with E-state index in [-0.39, 0.29) is 11.6 Å². The van der Waals surface area contributed by atoms with Crippen LogP contribution in [0, 0.1) is 11.3 Å². The number of carbonyl (C=O) groups is 2. The lowest BCUT2D eigenvalue weighted by Crippen LogP contribution is -2.44. The first-order valence-corrected chi connectivity index (χ1v) is 8.26. The quantitative estimate of drug-likeness (QED) is 0.239. The van der Waals surface area contributed by atoms with Crippen molar-refractivity contribution in [1.29, 1.82) is 0 Å². The van der Waals surface area contributed by atoms with E-state index in [1.807, 2.05) is 0 Å². The Morgan fingerprint density at radius 1 is 1.10 bits per heavy atom. The van der Waals surface area contributed by atoms with Gasteiger partial charge in [-0.15, -0.1) is 0 Å². The summed E-state index contributed by atoms with van der Waals surface area (Å²) in [5.74, 6) is 0.805. The Kier molecular flexibility index (Phi) is 5.80. The van der Waals surface area contributed by atoms with Crippen LogP contribution in [0.2, 0.25) is 0 Å². The molecule has 2 aliphatic carbocycles. The Hall–Kier alpha value is -1.35. The van der Waals surface area contributed by atoms with Crippen LogP contribution in [0.4, 0.5) is 0 Å². The van der Waals surface area contributed by atoms with E-state index in [0.717, 1.165) is 19.3 Å². The van der Waals surface area contributed by atoms with Crippen molar-refractivity contribution in [3.8, 4) is 0 Å². The lowest BCUT2D eigenvalue weighted by molar-refractivity contribution is -0.146. The molecule has 0 unspecified atom stereocenters. The summed E-state index contributed by atoms with van der Waals surface area (Å²) < 4.78 is 0. The molecule has 0 saturated heterocycles. The first-order valence-electron chi connectivity index (χ1n) is 8.26. The molecular weight excluding hydrogens is 266 g/mol. The number of rotatable bonds is 6. The largest absolute Gasteiger partial charge is 0.299 e. The van der Waals surface area contributed by atoms with Gasteiger partial charge in [0.05, 0.1) is 5.41 Å². The molecule has 21 heavy (non-hydrogen) atoms. The third-order valence-corrected chi connectivity index (χ3v) is 5.16. The van der Waals surface area contributed by atoms with Crippen molar-refractivity contribution in [2.75, 3.05) is 6.54 Å². The minimum atomic E-state index is -0.759. The van der Waals surface area contributed by atoms with E-state index in [1.165, 1.54) is 19.3 Å². The summed E-state index contributed by atoms with van der Waals surface area (Å²) in [5.41, 5.74) is 7.60. The first kappa shape index (κ1) is 16.0. The SMILES string of the molecule is [N-]=[N+]=NCCCC1(CC2CCCCC2)C(=O)CCCC1=O. The van der Waals surface area contributed by atoms with Gasteiger partial charge < -0.3 is 0 Å². The average Bonchev–Trinajstić information content (AvgIpc) is 2.50. The molecule has 0 atom stereocenters. The Morgan fingerprint density at radius 3 is 2.38 bits per heavy atom. The lowest BCUT2D eigenvalue weighted by Gasteiger charge is -2.38. The third kappa shape index (κ3) is 3.85. The smallest absolute Gasteiger partial charge is 0.146 e. The van der Waals surface area contributed by atoms with Crippen molar-refractivity contribution in [2.45, 2.75) is 70.6 Å². The molecule has 2 rings (SSSR count). The van der Waals surface area contributed by atoms with Gasteiger partial charge in [-0.05, 0) is 37.1 Å². The van der Waals surface area contributed by atoms with Crippen molar-refractivity contribution >= 4 is 11.6 Å². The number of carbonyl (C=O) groups excluding carboxylic acids is 2. The van der Waals surface area contributed by atoms with E-state index in [0.29, 0.717) is 44.6 Å². The van der Waals surface area contributed by atoms with Crippen LogP contribution >= 0.6 is 0 Å². The van der Waals surface area contributed by atoms with Crippen molar-refractivity contribution in [2.24, 2.45) is 16.4 Å². The second-order valence-corrected chi connectivity index (χ2v) is 6.55. The molecule has 0 N–H and O–H groups in total. The maximum Gasteiger partial charge on any atom is 0.146 e. The molecule has 0 heterocycles. The van der Waals surface area contributed by atoms with E-state index < -0.39 is 5.41 Å². The fourth-order valence-electron chi connectivity index (χ4n) is 4.03. The van der Waals surface area contributed by atoms with Gasteiger partial charge in [-0.1, -0.05) is 37.2 Å². The van der Waals surface area contributed by atoms with Crippen molar-refractivity contribution in [3.05, 3.63) is 10.4 Å². The van der Waals surface area contributed by atoms with Gasteiger partial charge in [0.25, 0.3) is 0 Å². The van der Waals surface area contributed by atoms with Crippen LogP contribution in [-0.2, 0) is 9.59 Å². The number of ketones is 2. The van der Waals surface area contributed by atoms with Gasteiger partial charge in [-0.3, -0.25) is 9.59 Å². The predicted molar refractivity (Wildman–Crippen MR) is 80.7 cm³/mol. The maximum absolute atomic E-state index is 12.5. The van der Waals surface area contributed by atoms with E-state index in [9.17, 15) is 9.59 Å². The zero-order chi connectivity index (χ0) is 15.1. The van der Waals surface area contributed by atoms with Crippen molar-refractivity contribution < 1.29 is 9.59 Å². The van der Waals surface area contributed by atoms with Gasteiger partial charge in [-0.2, -0.15) is 0 Å². The molecule has 0 aliphatic heterocycles. The fourth-order valence-corrected chi connectivity index (χ4v) is 4.03. The van der Waals surface area contributed by atoms with Crippen LogP contribution in [0.15, 0.2) is 5.11 Å². The Labute approximate surface area is 126 Å². The highest BCUT2D eigenvalue weighted by molar-refractivity contribution is 6.08. The molecule has 2 fully saturated rings. The van der Waals surface area contributed by atoms with Crippen molar-refractivity contribution in [1.82, 2.24) is 0 Å². The standard InChI is InChI=1S/C16H25N3O2/c17-19-18-11-5-10-16(12-13-6-2-1-3-7-13)14(20)8-4-9-15(16)21/h13H,1-12H2. The second-order valence-electron chi connectivity index (χ2n) is 6.55. The summed E-state index contributed by atoms with van der Waals surface area (Å²) in [6.07, 6.45) is 9.76. The minimum Gasteiger partial charge on any atom is -0.299 e. The highest BCUT2D eigenvalue weighted by Crippen LogP contribution is 2.43. The Morgan fingerprint density at radius 2 is 1.76 bits per heavy atom. The van der Waals surface area contributed by atoms with Crippen LogP contribution in [-0.4, -0.2) is 18.1 Å². The monoisotopic (exact) mass is 291 g/mol. The van der Waals surface area contributed by atoms with Gasteiger partial charge in [0.1, 0.15) is 11.6 Å². The lowest BCUT2D eigenvalue weighted by atomic mass is 9.63. The summed E-state index contributed by atoms with van der Waals surface area (Å²) in [7, 11) is 0. The number of hydrogen-bond acceptors (Lipinski definition) is 3. The molecule has 0 aromatic heterocycles. The van der Waals surface area contributed by atoms with Crippen LogP contribution < -0.4 is 0 Å². The summed E-state index contributed by atoms with van der Waals surface area (Å²) in [6, 6.07) is 0. The maximum atomic E-state index is 12.5. The van der Waals surface area contributed by atoms with Gasteiger partial charge in [-0.25, -0.2) is 0 Å². The zero-order valence-electron chi connectivity index (χ0n) is 12.7. The molecule has 116 valence electrons. The number of hydrogen-bond donors (Lipinski definition) is 0. The summed E-state index contributed by atoms with van der Waals surface area (Å²) in [4.78, 5) is 27.8. The first-order chi connectivity index (χ1) is 10.2. The van der Waals surface area contributed by atoms with Crippen molar-refractivity contribution in [3.63, 3.8) is 0 Å². The Bertz CT molecular complexity index is 419. The average molecular weight is 291 g/mol. The van der Waals surface area contributed by atoms with E-state index in [4.69, 9.17) is 5.53 Å². The second kappa shape index (κ2) is 7.60. The molecule has 5 nitrogen and oxygen atoms in total. The highest BCUT2D eigenvalue weighted by Gasteiger charge is 2.47. The molecule has 0 amide bonds. The van der Waals surface area contributed by atoms with Crippen LogP contribution in [0.1, 0.15) is 70.6 Å². The third-order valence-electron chi connectivity index (χ3n) is 5.16. The Balaban J connectivity index is 2.09. The highest BCUT2D eigenvalue weighted by atomic mass is 16.2. The van der Waals surface area contributed by atoms with Crippen LogP contribution in [0.3, 0.4) is 0 Å². The molecule has 2 aliphatic rings. The molecular formula is C16H25N3O2. The van der Waals surface area contributed by atoms with Gasteiger partial charge in [0.15, 0.2) is 0 Å². The van der Waals surface area contributed by atoms with Crippen LogP contribution in [0.25, 0.3) is 10.4 Å². The molecule has 0 bridgehead atoms. The molecule has 0 aromatic carbocycles. The topological polar surface area (TPSA) is 82.9 Å². The summed E-state index contributed by atoms with van der Waals surface area (Å²) in [6.45, 7) is 0.378. The summed E-state index contributed by atoms with van der Waals surface area (Å²) in [5, 5.41) is 3.54. The normalized spacial score (nSPS) is 22.9. The fraction of sp³-hybridized carbons (Fsp3) is 0.875. The van der Waals surface area contributed by atoms with E-state index in [2.05, 4.69) is 10.0 Å². The van der Waals surface area contributed by atoms with Gasteiger partial charge >= 0.3 is 0 Å².